The first-order chi connectivity index (χ1) is 16.5. The minimum Gasteiger partial charge on any atom is -0.485 e. The summed E-state index contributed by atoms with van der Waals surface area (Å²) in [5, 5.41) is 11.4. The Hall–Kier alpha value is -3.35. The van der Waals surface area contributed by atoms with Crippen LogP contribution in [0.4, 0.5) is 0 Å². The smallest absolute Gasteiger partial charge is 0.305 e. The first kappa shape index (κ1) is 23.8. The van der Waals surface area contributed by atoms with Gasteiger partial charge in [0.25, 0.3) is 5.91 Å². The second kappa shape index (κ2) is 11.2. The predicted octanol–water partition coefficient (Wildman–Crippen LogP) is 5.56. The number of carbonyl (C=O) groups is 2. The maximum Gasteiger partial charge on any atom is 0.305 e. The summed E-state index contributed by atoms with van der Waals surface area (Å²) in [5.41, 5.74) is 1.55. The highest BCUT2D eigenvalue weighted by Gasteiger charge is 2.31. The van der Waals surface area contributed by atoms with E-state index in [-0.39, 0.29) is 30.9 Å². The zero-order valence-corrected chi connectivity index (χ0v) is 19.5. The summed E-state index contributed by atoms with van der Waals surface area (Å²) in [7, 11) is 0. The molecule has 1 fully saturated rings. The molecule has 2 atom stereocenters. The maximum absolute atomic E-state index is 12.3. The van der Waals surface area contributed by atoms with Crippen molar-refractivity contribution in [3.05, 3.63) is 65.3 Å². The van der Waals surface area contributed by atoms with Crippen molar-refractivity contribution in [2.75, 3.05) is 6.54 Å². The van der Waals surface area contributed by atoms with Crippen molar-refractivity contribution < 1.29 is 23.8 Å². The van der Waals surface area contributed by atoms with E-state index in [2.05, 4.69) is 22.5 Å². The predicted molar refractivity (Wildman–Crippen MR) is 129 cm³/mol. The number of carbonyl (C=O) groups excluding carboxylic acids is 1. The molecule has 7 heteroatoms. The Balaban J connectivity index is 1.50. The van der Waals surface area contributed by atoms with E-state index < -0.39 is 5.97 Å². The van der Waals surface area contributed by atoms with Crippen LogP contribution in [0.2, 0.25) is 0 Å². The molecule has 0 radical (unpaired) electrons. The normalized spacial score (nSPS) is 19.0. The maximum atomic E-state index is 12.3. The highest BCUT2D eigenvalue weighted by Crippen LogP contribution is 2.41. The van der Waals surface area contributed by atoms with Crippen LogP contribution in [-0.2, 0) is 4.79 Å². The van der Waals surface area contributed by atoms with Gasteiger partial charge < -0.3 is 19.6 Å². The number of ether oxygens (including phenoxy) is 1. The molecule has 4 rings (SSSR count). The Morgan fingerprint density at radius 3 is 2.65 bits per heavy atom. The number of benzene rings is 1. The molecule has 1 aliphatic carbocycles. The molecule has 1 aromatic heterocycles. The lowest BCUT2D eigenvalue weighted by Crippen LogP contribution is -2.26. The van der Waals surface area contributed by atoms with Crippen LogP contribution in [0.25, 0.3) is 0 Å². The quantitative estimate of drug-likeness (QED) is 0.506. The van der Waals surface area contributed by atoms with Crippen LogP contribution in [0.3, 0.4) is 0 Å². The average Bonchev–Trinajstić information content (AvgIpc) is 3.25. The third-order valence-corrected chi connectivity index (χ3v) is 6.58. The Bertz CT molecular complexity index is 1050. The van der Waals surface area contributed by atoms with Crippen molar-refractivity contribution in [3.63, 3.8) is 0 Å². The molecule has 1 saturated carbocycles. The number of carboxylic acid groups (broad SMARTS) is 1. The molecule has 180 valence electrons. The fourth-order valence-corrected chi connectivity index (χ4v) is 4.72. The number of amides is 1. The van der Waals surface area contributed by atoms with Gasteiger partial charge in [0.05, 0.1) is 12.3 Å². The molecular formula is C27H32N2O5. The number of hydrogen-bond acceptors (Lipinski definition) is 5. The zero-order valence-electron chi connectivity index (χ0n) is 19.5. The number of furan rings is 1. The minimum atomic E-state index is -0.942. The van der Waals surface area contributed by atoms with Crippen molar-refractivity contribution in [2.24, 2.45) is 10.9 Å². The molecular weight excluding hydrogens is 432 g/mol. The van der Waals surface area contributed by atoms with Crippen LogP contribution in [0.1, 0.15) is 84.4 Å². The van der Waals surface area contributed by atoms with Gasteiger partial charge in [0, 0.05) is 36.0 Å². The standard InChI is InChI=1S/C27H32N2O5/c1-18-23(16-24(33-18)21-8-5-14-28-17-21)26(19-6-3-2-4-7-19)34-22-11-9-20(10-12-22)27(32)29-15-13-25(30)31/h5,9-12,14,16-17,19,21,26H,2-4,6-8,13,15H2,1H3,(H,29,32)(H,30,31). The van der Waals surface area contributed by atoms with Gasteiger partial charge >= 0.3 is 5.97 Å². The first-order valence-corrected chi connectivity index (χ1v) is 12.1. The van der Waals surface area contributed by atoms with E-state index in [0.29, 0.717) is 17.2 Å². The second-order valence-corrected chi connectivity index (χ2v) is 9.05. The molecule has 2 N–H and O–H groups in total. The van der Waals surface area contributed by atoms with Crippen LogP contribution in [0.15, 0.2) is 52.0 Å². The number of hydrogen-bond donors (Lipinski definition) is 2. The zero-order chi connectivity index (χ0) is 23.9. The summed E-state index contributed by atoms with van der Waals surface area (Å²) < 4.78 is 12.7. The van der Waals surface area contributed by atoms with Gasteiger partial charge in [0.15, 0.2) is 0 Å². The van der Waals surface area contributed by atoms with Gasteiger partial charge in [0.1, 0.15) is 23.4 Å². The largest absolute Gasteiger partial charge is 0.485 e. The van der Waals surface area contributed by atoms with Crippen molar-refractivity contribution in [3.8, 4) is 5.75 Å². The highest BCUT2D eigenvalue weighted by molar-refractivity contribution is 5.94. The summed E-state index contributed by atoms with van der Waals surface area (Å²) in [6.45, 7) is 2.10. The number of aliphatic imine (C=N–C) groups is 1. The molecule has 1 aliphatic heterocycles. The monoisotopic (exact) mass is 464 g/mol. The average molecular weight is 465 g/mol. The molecule has 2 aliphatic rings. The Kier molecular flexibility index (Phi) is 7.83. The first-order valence-electron chi connectivity index (χ1n) is 12.1. The van der Waals surface area contributed by atoms with E-state index in [0.717, 1.165) is 36.3 Å². The summed E-state index contributed by atoms with van der Waals surface area (Å²) in [6, 6.07) is 9.16. The number of aliphatic carboxylic acids is 1. The van der Waals surface area contributed by atoms with Crippen LogP contribution >= 0.6 is 0 Å². The van der Waals surface area contributed by atoms with E-state index in [1.165, 1.54) is 19.3 Å². The van der Waals surface area contributed by atoms with E-state index >= 15 is 0 Å². The van der Waals surface area contributed by atoms with Gasteiger partial charge in [-0.05, 0) is 56.5 Å². The lowest BCUT2D eigenvalue weighted by Gasteiger charge is -2.30. The summed E-state index contributed by atoms with van der Waals surface area (Å²) in [5.74, 6) is 1.79. The molecule has 2 unspecified atom stereocenters. The number of allylic oxidation sites excluding steroid dienone is 1. The molecule has 7 nitrogen and oxygen atoms in total. The third kappa shape index (κ3) is 5.95. The minimum absolute atomic E-state index is 0.0970. The van der Waals surface area contributed by atoms with Gasteiger partial charge in [-0.1, -0.05) is 25.3 Å². The number of rotatable bonds is 9. The van der Waals surface area contributed by atoms with Crippen molar-refractivity contribution in [2.45, 2.75) is 63.9 Å². The summed E-state index contributed by atoms with van der Waals surface area (Å²) in [4.78, 5) is 27.2. The van der Waals surface area contributed by atoms with E-state index in [4.69, 9.17) is 14.3 Å². The molecule has 2 aromatic rings. The van der Waals surface area contributed by atoms with Gasteiger partial charge in [0.2, 0.25) is 0 Å². The van der Waals surface area contributed by atoms with E-state index in [9.17, 15) is 9.59 Å². The van der Waals surface area contributed by atoms with Crippen molar-refractivity contribution >= 4 is 18.1 Å². The lowest BCUT2D eigenvalue weighted by molar-refractivity contribution is -0.136. The van der Waals surface area contributed by atoms with Gasteiger partial charge in [-0.3, -0.25) is 14.6 Å². The van der Waals surface area contributed by atoms with E-state index in [1.807, 2.05) is 19.3 Å². The molecule has 0 saturated heterocycles. The SMILES string of the molecule is Cc1oc(C2C=NC=CC2)cc1C(Oc1ccc(C(=O)NCCC(=O)O)cc1)C1CCCCC1. The summed E-state index contributed by atoms with van der Waals surface area (Å²) in [6.07, 6.45) is 12.3. The van der Waals surface area contributed by atoms with Crippen molar-refractivity contribution in [1.82, 2.24) is 5.32 Å². The Morgan fingerprint density at radius 1 is 1.21 bits per heavy atom. The number of nitrogens with one attached hydrogen (secondary N) is 1. The van der Waals surface area contributed by atoms with Gasteiger partial charge in [-0.2, -0.15) is 0 Å². The molecule has 2 heterocycles. The number of nitrogens with zero attached hydrogens (tertiary/aromatic N) is 1. The molecule has 0 bridgehead atoms. The Morgan fingerprint density at radius 2 is 1.97 bits per heavy atom. The number of carboxylic acids is 1. The van der Waals surface area contributed by atoms with Crippen LogP contribution in [-0.4, -0.2) is 29.7 Å². The lowest BCUT2D eigenvalue weighted by atomic mass is 9.82. The Labute approximate surface area is 199 Å². The van der Waals surface area contributed by atoms with Crippen LogP contribution < -0.4 is 10.1 Å². The third-order valence-electron chi connectivity index (χ3n) is 6.58. The highest BCUT2D eigenvalue weighted by atomic mass is 16.5. The van der Waals surface area contributed by atoms with E-state index in [1.54, 1.807) is 24.3 Å². The van der Waals surface area contributed by atoms with Crippen LogP contribution in [0.5, 0.6) is 5.75 Å². The second-order valence-electron chi connectivity index (χ2n) is 9.05. The molecule has 0 spiro atoms. The van der Waals surface area contributed by atoms with Gasteiger partial charge in [-0.15, -0.1) is 0 Å². The van der Waals surface area contributed by atoms with Crippen LogP contribution in [0, 0.1) is 12.8 Å². The molecule has 1 aromatic carbocycles. The van der Waals surface area contributed by atoms with Gasteiger partial charge in [-0.25, -0.2) is 0 Å². The van der Waals surface area contributed by atoms with Crippen molar-refractivity contribution in [1.29, 1.82) is 0 Å². The molecule has 1 amide bonds. The topological polar surface area (TPSA) is 101 Å². The number of aryl methyl sites for hydroxylation is 1. The summed E-state index contributed by atoms with van der Waals surface area (Å²) >= 11 is 0. The fraction of sp³-hybridized carbons (Fsp3) is 0.444. The fourth-order valence-electron chi connectivity index (χ4n) is 4.72. The molecule has 34 heavy (non-hydrogen) atoms.